The van der Waals surface area contributed by atoms with E-state index in [1.54, 1.807) is 30.5 Å². The summed E-state index contributed by atoms with van der Waals surface area (Å²) in [5.74, 6) is 4.21. The molecule has 2 aromatic rings. The van der Waals surface area contributed by atoms with Crippen LogP contribution >= 0.6 is 0 Å². The zero-order chi connectivity index (χ0) is 16.0. The Balaban J connectivity index is 2.14. The first-order valence-electron chi connectivity index (χ1n) is 6.45. The third-order valence-electron chi connectivity index (χ3n) is 2.80. The van der Waals surface area contributed by atoms with E-state index >= 15 is 0 Å². The molecule has 0 bridgehead atoms. The first-order valence-corrected chi connectivity index (χ1v) is 8.10. The van der Waals surface area contributed by atoms with Crippen LogP contribution in [0.15, 0.2) is 53.6 Å². The van der Waals surface area contributed by atoms with Crippen LogP contribution in [0.25, 0.3) is 0 Å². The molecule has 2 rings (SSSR count). The van der Waals surface area contributed by atoms with E-state index in [1.807, 2.05) is 6.07 Å². The van der Waals surface area contributed by atoms with Gasteiger partial charge in [-0.15, -0.1) is 0 Å². The normalized spacial score (nSPS) is 10.5. The fraction of sp³-hybridized carbons (Fsp3) is 0.125. The van der Waals surface area contributed by atoms with E-state index in [-0.39, 0.29) is 4.90 Å². The number of hydrogen-bond donors (Lipinski definition) is 1. The molecule has 0 unspecified atom stereocenters. The third-order valence-corrected chi connectivity index (χ3v) is 4.53. The molecule has 112 valence electrons. The van der Waals surface area contributed by atoms with Crippen molar-refractivity contribution in [1.82, 2.24) is 4.98 Å². The number of hydrogen-bond acceptors (Lipinski definition) is 4. The van der Waals surface area contributed by atoms with Crippen LogP contribution in [0.5, 0.6) is 0 Å². The van der Waals surface area contributed by atoms with Crippen LogP contribution in [0.3, 0.4) is 0 Å². The van der Waals surface area contributed by atoms with E-state index in [0.717, 1.165) is 0 Å². The number of carbonyl (C=O) groups is 1. The van der Waals surface area contributed by atoms with Crippen molar-refractivity contribution in [1.29, 1.82) is 0 Å². The van der Waals surface area contributed by atoms with E-state index in [1.165, 1.54) is 12.1 Å². The summed E-state index contributed by atoms with van der Waals surface area (Å²) in [6.07, 6.45) is 1.23. The molecule has 0 amide bonds. The molecule has 0 aliphatic rings. The molecule has 0 saturated carbocycles. The molecule has 1 N–H and O–H groups in total. The molecular formula is C16H13NO4S. The van der Waals surface area contributed by atoms with Crippen molar-refractivity contribution < 1.29 is 18.3 Å². The number of aliphatic carboxylic acids is 1. The number of benzene rings is 1. The molecule has 1 heterocycles. The van der Waals surface area contributed by atoms with Crippen molar-refractivity contribution in [2.45, 2.75) is 11.3 Å². The molecule has 0 radical (unpaired) electrons. The van der Waals surface area contributed by atoms with Gasteiger partial charge in [0, 0.05) is 11.8 Å². The van der Waals surface area contributed by atoms with E-state index < -0.39 is 28.0 Å². The van der Waals surface area contributed by atoms with E-state index in [4.69, 9.17) is 5.11 Å². The van der Waals surface area contributed by atoms with Gasteiger partial charge in [0.15, 0.2) is 9.84 Å². The summed E-state index contributed by atoms with van der Waals surface area (Å²) in [6, 6.07) is 11.4. The quantitative estimate of drug-likeness (QED) is 0.869. The van der Waals surface area contributed by atoms with Gasteiger partial charge in [-0.25, -0.2) is 13.4 Å². The van der Waals surface area contributed by atoms with Gasteiger partial charge < -0.3 is 5.11 Å². The zero-order valence-corrected chi connectivity index (χ0v) is 12.4. The van der Waals surface area contributed by atoms with Gasteiger partial charge in [-0.05, 0) is 42.3 Å². The highest BCUT2D eigenvalue weighted by molar-refractivity contribution is 7.91. The Kier molecular flexibility index (Phi) is 4.92. The monoisotopic (exact) mass is 315 g/mol. The Morgan fingerprint density at radius 1 is 1.09 bits per heavy atom. The van der Waals surface area contributed by atoms with E-state index in [2.05, 4.69) is 16.8 Å². The highest BCUT2D eigenvalue weighted by Gasteiger charge is 2.15. The Labute approximate surface area is 128 Å². The lowest BCUT2D eigenvalue weighted by Gasteiger charge is -2.02. The van der Waals surface area contributed by atoms with Gasteiger partial charge in [-0.1, -0.05) is 12.0 Å². The van der Waals surface area contributed by atoms with Gasteiger partial charge in [0.1, 0.15) is 5.69 Å². The topological polar surface area (TPSA) is 84.3 Å². The smallest absolute Gasteiger partial charge is 0.304 e. The summed E-state index contributed by atoms with van der Waals surface area (Å²) < 4.78 is 23.8. The predicted octanol–water partition coefficient (Wildman–Crippen LogP) is 1.73. The van der Waals surface area contributed by atoms with Crippen LogP contribution in [-0.2, 0) is 14.6 Å². The van der Waals surface area contributed by atoms with Crippen LogP contribution in [0.4, 0.5) is 0 Å². The molecule has 22 heavy (non-hydrogen) atoms. The summed E-state index contributed by atoms with van der Waals surface area (Å²) >= 11 is 0. The van der Waals surface area contributed by atoms with E-state index in [9.17, 15) is 13.2 Å². The maximum absolute atomic E-state index is 11.9. The maximum atomic E-state index is 11.9. The van der Waals surface area contributed by atoms with Gasteiger partial charge in [-0.2, -0.15) is 0 Å². The fourth-order valence-corrected chi connectivity index (χ4v) is 2.89. The lowest BCUT2D eigenvalue weighted by Crippen LogP contribution is -2.10. The largest absolute Gasteiger partial charge is 0.481 e. The lowest BCUT2D eigenvalue weighted by atomic mass is 10.2. The molecule has 0 fully saturated rings. The predicted molar refractivity (Wildman–Crippen MR) is 81.0 cm³/mol. The molecule has 0 aliphatic carbocycles. The number of carboxylic acids is 1. The minimum Gasteiger partial charge on any atom is -0.481 e. The second-order valence-electron chi connectivity index (χ2n) is 4.45. The SMILES string of the molecule is O=C(O)CCS(=O)(=O)c1ccc(C#Cc2ccccn2)cc1. The van der Waals surface area contributed by atoms with Crippen molar-refractivity contribution in [3.05, 3.63) is 59.9 Å². The molecule has 0 atom stereocenters. The van der Waals surface area contributed by atoms with Crippen LogP contribution in [0.2, 0.25) is 0 Å². The molecular weight excluding hydrogens is 302 g/mol. The summed E-state index contributed by atoms with van der Waals surface area (Å²) in [7, 11) is -3.58. The zero-order valence-electron chi connectivity index (χ0n) is 11.6. The Bertz CT molecular complexity index is 816. The lowest BCUT2D eigenvalue weighted by molar-refractivity contribution is -0.136. The summed E-state index contributed by atoms with van der Waals surface area (Å²) in [4.78, 5) is 14.6. The highest BCUT2D eigenvalue weighted by Crippen LogP contribution is 2.13. The van der Waals surface area contributed by atoms with Crippen LogP contribution in [0.1, 0.15) is 17.7 Å². The highest BCUT2D eigenvalue weighted by atomic mass is 32.2. The molecule has 0 saturated heterocycles. The molecule has 0 aliphatic heterocycles. The summed E-state index contributed by atoms with van der Waals surface area (Å²) in [5, 5.41) is 8.56. The number of nitrogens with zero attached hydrogens (tertiary/aromatic N) is 1. The maximum Gasteiger partial charge on any atom is 0.304 e. The minimum atomic E-state index is -3.58. The number of pyridine rings is 1. The van der Waals surface area contributed by atoms with Gasteiger partial charge in [0.25, 0.3) is 0 Å². The first kappa shape index (κ1) is 15.7. The first-order chi connectivity index (χ1) is 10.5. The van der Waals surface area contributed by atoms with Crippen LogP contribution in [0, 0.1) is 11.8 Å². The van der Waals surface area contributed by atoms with Gasteiger partial charge >= 0.3 is 5.97 Å². The van der Waals surface area contributed by atoms with Crippen molar-refractivity contribution in [2.75, 3.05) is 5.75 Å². The summed E-state index contributed by atoms with van der Waals surface area (Å²) in [6.45, 7) is 0. The van der Waals surface area contributed by atoms with Gasteiger partial charge in [-0.3, -0.25) is 4.79 Å². The van der Waals surface area contributed by atoms with Crippen molar-refractivity contribution in [3.63, 3.8) is 0 Å². The van der Waals surface area contributed by atoms with Crippen LogP contribution in [-0.4, -0.2) is 30.2 Å². The summed E-state index contributed by atoms with van der Waals surface area (Å²) in [5.41, 5.74) is 1.28. The Morgan fingerprint density at radius 2 is 1.82 bits per heavy atom. The molecule has 1 aromatic heterocycles. The van der Waals surface area contributed by atoms with Gasteiger partial charge in [0.2, 0.25) is 0 Å². The Hall–Kier alpha value is -2.65. The molecule has 5 nitrogen and oxygen atoms in total. The van der Waals surface area contributed by atoms with E-state index in [0.29, 0.717) is 11.3 Å². The number of aromatic nitrogens is 1. The number of sulfone groups is 1. The van der Waals surface area contributed by atoms with Crippen LogP contribution < -0.4 is 0 Å². The standard InChI is InChI=1S/C16H13NO4S/c18-16(19)10-12-22(20,21)15-8-5-13(6-9-15)4-7-14-3-1-2-11-17-14/h1-3,5-6,8-9,11H,10,12H2,(H,18,19). The number of rotatable bonds is 4. The molecule has 6 heteroatoms. The second kappa shape index (κ2) is 6.87. The van der Waals surface area contributed by atoms with Crippen molar-refractivity contribution >= 4 is 15.8 Å². The average Bonchev–Trinajstić information content (AvgIpc) is 2.52. The Morgan fingerprint density at radius 3 is 2.41 bits per heavy atom. The van der Waals surface area contributed by atoms with Gasteiger partial charge in [0.05, 0.1) is 17.1 Å². The minimum absolute atomic E-state index is 0.0946. The van der Waals surface area contributed by atoms with Crippen molar-refractivity contribution in [2.24, 2.45) is 0 Å². The fourth-order valence-electron chi connectivity index (χ4n) is 1.66. The number of carboxylic acid groups (broad SMARTS) is 1. The molecule has 0 spiro atoms. The molecule has 1 aromatic carbocycles. The van der Waals surface area contributed by atoms with Crippen molar-refractivity contribution in [3.8, 4) is 11.8 Å². The third kappa shape index (κ3) is 4.43. The second-order valence-corrected chi connectivity index (χ2v) is 6.56. The average molecular weight is 315 g/mol.